The van der Waals surface area contributed by atoms with Gasteiger partial charge in [-0.05, 0) is 56.7 Å². The summed E-state index contributed by atoms with van der Waals surface area (Å²) in [5, 5.41) is 3.40. The van der Waals surface area contributed by atoms with Crippen molar-refractivity contribution >= 4 is 28.2 Å². The lowest BCUT2D eigenvalue weighted by atomic mass is 9.88. The maximum Gasteiger partial charge on any atom is 0.341 e. The zero-order valence-corrected chi connectivity index (χ0v) is 14.9. The monoisotopic (exact) mass is 347 g/mol. The van der Waals surface area contributed by atoms with E-state index in [2.05, 4.69) is 12.2 Å². The first-order chi connectivity index (χ1) is 11.5. The van der Waals surface area contributed by atoms with Crippen LogP contribution >= 0.6 is 11.3 Å². The van der Waals surface area contributed by atoms with Crippen molar-refractivity contribution in [2.24, 2.45) is 5.92 Å². The van der Waals surface area contributed by atoms with Gasteiger partial charge in [0, 0.05) is 4.88 Å². The van der Waals surface area contributed by atoms with E-state index in [0.717, 1.165) is 24.8 Å². The Morgan fingerprint density at radius 1 is 1.42 bits per heavy atom. The number of furan rings is 1. The summed E-state index contributed by atoms with van der Waals surface area (Å²) in [7, 11) is 0. The van der Waals surface area contributed by atoms with Crippen molar-refractivity contribution in [2.45, 2.75) is 40.0 Å². The minimum Gasteiger partial charge on any atom is -0.462 e. The quantitative estimate of drug-likeness (QED) is 0.842. The van der Waals surface area contributed by atoms with Crippen molar-refractivity contribution in [2.75, 3.05) is 11.9 Å². The molecule has 3 rings (SSSR count). The molecule has 2 aromatic heterocycles. The minimum atomic E-state index is -0.365. The van der Waals surface area contributed by atoms with E-state index >= 15 is 0 Å². The summed E-state index contributed by atoms with van der Waals surface area (Å²) in [6.45, 7) is 6.08. The Hall–Kier alpha value is -2.08. The second-order valence-corrected chi connectivity index (χ2v) is 7.25. The molecule has 0 fully saturated rings. The Labute approximate surface area is 145 Å². The lowest BCUT2D eigenvalue weighted by molar-refractivity contribution is 0.0526. The van der Waals surface area contributed by atoms with Gasteiger partial charge in [0.2, 0.25) is 0 Å². The lowest BCUT2D eigenvalue weighted by Crippen LogP contribution is -2.16. The summed E-state index contributed by atoms with van der Waals surface area (Å²) in [5.41, 5.74) is 1.54. The average Bonchev–Trinajstić information content (AvgIpc) is 3.10. The van der Waals surface area contributed by atoms with Crippen LogP contribution in [0.4, 0.5) is 5.00 Å². The molecule has 1 N–H and O–H groups in total. The van der Waals surface area contributed by atoms with Crippen LogP contribution in [-0.4, -0.2) is 18.5 Å². The van der Waals surface area contributed by atoms with Crippen molar-refractivity contribution < 1.29 is 18.7 Å². The predicted molar refractivity (Wildman–Crippen MR) is 92.9 cm³/mol. The highest BCUT2D eigenvalue weighted by atomic mass is 32.1. The number of aryl methyl sites for hydroxylation is 1. The fraction of sp³-hybridized carbons (Fsp3) is 0.444. The second-order valence-electron chi connectivity index (χ2n) is 6.14. The van der Waals surface area contributed by atoms with Gasteiger partial charge in [0.25, 0.3) is 5.91 Å². The maximum atomic E-state index is 12.4. The van der Waals surface area contributed by atoms with Crippen LogP contribution in [0.1, 0.15) is 57.4 Å². The van der Waals surface area contributed by atoms with Crippen LogP contribution in [0.2, 0.25) is 0 Å². The van der Waals surface area contributed by atoms with Crippen LogP contribution < -0.4 is 5.32 Å². The molecule has 128 valence electrons. The van der Waals surface area contributed by atoms with E-state index in [0.29, 0.717) is 28.8 Å². The number of amides is 1. The second kappa shape index (κ2) is 6.81. The molecule has 0 saturated heterocycles. The van der Waals surface area contributed by atoms with E-state index in [1.807, 2.05) is 0 Å². The average molecular weight is 347 g/mol. The van der Waals surface area contributed by atoms with E-state index in [-0.39, 0.29) is 17.6 Å². The first-order valence-electron chi connectivity index (χ1n) is 8.19. The predicted octanol–water partition coefficient (Wildman–Crippen LogP) is 4.20. The minimum absolute atomic E-state index is 0.238. The number of thiophene rings is 1. The molecule has 0 spiro atoms. The van der Waals surface area contributed by atoms with Crippen molar-refractivity contribution in [1.82, 2.24) is 0 Å². The maximum absolute atomic E-state index is 12.4. The Morgan fingerprint density at radius 3 is 2.88 bits per heavy atom. The molecule has 1 aliphatic carbocycles. The zero-order chi connectivity index (χ0) is 17.3. The molecule has 0 bridgehead atoms. The van der Waals surface area contributed by atoms with Crippen LogP contribution in [0.25, 0.3) is 0 Å². The Kier molecular flexibility index (Phi) is 4.76. The van der Waals surface area contributed by atoms with Gasteiger partial charge in [-0.2, -0.15) is 0 Å². The molecule has 24 heavy (non-hydrogen) atoms. The molecule has 2 aromatic rings. The molecule has 6 heteroatoms. The molecule has 0 saturated carbocycles. The summed E-state index contributed by atoms with van der Waals surface area (Å²) in [5.74, 6) is 0.783. The molecule has 0 aliphatic heterocycles. The van der Waals surface area contributed by atoms with Gasteiger partial charge >= 0.3 is 5.97 Å². The molecule has 1 atom stereocenters. The summed E-state index contributed by atoms with van der Waals surface area (Å²) >= 11 is 1.48. The number of fused-ring (bicyclic) bond motifs is 1. The van der Waals surface area contributed by atoms with E-state index in [1.165, 1.54) is 16.2 Å². The molecule has 0 aromatic carbocycles. The molecule has 1 amide bonds. The Bertz CT molecular complexity index is 774. The number of hydrogen-bond donors (Lipinski definition) is 1. The third-order valence-electron chi connectivity index (χ3n) is 4.18. The lowest BCUT2D eigenvalue weighted by Gasteiger charge is -2.18. The van der Waals surface area contributed by atoms with Crippen molar-refractivity contribution in [1.29, 1.82) is 0 Å². The highest BCUT2D eigenvalue weighted by molar-refractivity contribution is 7.17. The molecular weight excluding hydrogens is 326 g/mol. The van der Waals surface area contributed by atoms with Gasteiger partial charge in [0.05, 0.1) is 12.2 Å². The van der Waals surface area contributed by atoms with Crippen LogP contribution in [0.15, 0.2) is 16.5 Å². The van der Waals surface area contributed by atoms with Gasteiger partial charge in [-0.25, -0.2) is 4.79 Å². The summed E-state index contributed by atoms with van der Waals surface area (Å²) < 4.78 is 10.6. The van der Waals surface area contributed by atoms with Crippen LogP contribution in [0.3, 0.4) is 0 Å². The third kappa shape index (κ3) is 3.24. The highest BCUT2D eigenvalue weighted by Gasteiger charge is 2.29. The molecule has 0 radical (unpaired) electrons. The van der Waals surface area contributed by atoms with Gasteiger partial charge in [-0.15, -0.1) is 11.3 Å². The van der Waals surface area contributed by atoms with Crippen LogP contribution in [0, 0.1) is 12.8 Å². The standard InChI is InChI=1S/C18H21NO4S/c1-4-22-18(21)15-12-7-5-10(2)9-14(12)24-17(15)19-16(20)13-8-6-11(3)23-13/h6,8,10H,4-5,7,9H2,1-3H3,(H,19,20)/t10-/m0/s1. The van der Waals surface area contributed by atoms with Gasteiger partial charge in [0.1, 0.15) is 10.8 Å². The van der Waals surface area contributed by atoms with Crippen molar-refractivity contribution in [3.63, 3.8) is 0 Å². The number of ether oxygens (including phenoxy) is 1. The van der Waals surface area contributed by atoms with Gasteiger partial charge in [-0.3, -0.25) is 4.79 Å². The highest BCUT2D eigenvalue weighted by Crippen LogP contribution is 2.40. The van der Waals surface area contributed by atoms with Gasteiger partial charge in [-0.1, -0.05) is 6.92 Å². The van der Waals surface area contributed by atoms with E-state index in [4.69, 9.17) is 9.15 Å². The molecule has 0 unspecified atom stereocenters. The Morgan fingerprint density at radius 2 is 2.21 bits per heavy atom. The topological polar surface area (TPSA) is 68.5 Å². The Balaban J connectivity index is 1.94. The fourth-order valence-corrected chi connectivity index (χ4v) is 4.37. The number of carbonyl (C=O) groups is 2. The number of nitrogens with one attached hydrogen (secondary N) is 1. The van der Waals surface area contributed by atoms with Crippen molar-refractivity contribution in [3.05, 3.63) is 39.7 Å². The summed E-state index contributed by atoms with van der Waals surface area (Å²) in [6.07, 6.45) is 2.82. The zero-order valence-electron chi connectivity index (χ0n) is 14.1. The molecule has 1 aliphatic rings. The summed E-state index contributed by atoms with van der Waals surface area (Å²) in [6, 6.07) is 3.37. The molecule has 2 heterocycles. The fourth-order valence-electron chi connectivity index (χ4n) is 2.98. The number of anilines is 1. The van der Waals surface area contributed by atoms with E-state index in [9.17, 15) is 9.59 Å². The van der Waals surface area contributed by atoms with E-state index in [1.54, 1.807) is 26.0 Å². The van der Waals surface area contributed by atoms with Gasteiger partial charge in [0.15, 0.2) is 5.76 Å². The summed E-state index contributed by atoms with van der Waals surface area (Å²) in [4.78, 5) is 26.0. The van der Waals surface area contributed by atoms with Gasteiger partial charge < -0.3 is 14.5 Å². The van der Waals surface area contributed by atoms with Crippen LogP contribution in [0.5, 0.6) is 0 Å². The molecular formula is C18H21NO4S. The third-order valence-corrected chi connectivity index (χ3v) is 5.35. The smallest absolute Gasteiger partial charge is 0.341 e. The normalized spacial score (nSPS) is 16.5. The van der Waals surface area contributed by atoms with Crippen LogP contribution in [-0.2, 0) is 17.6 Å². The number of hydrogen-bond acceptors (Lipinski definition) is 5. The largest absolute Gasteiger partial charge is 0.462 e. The number of carbonyl (C=O) groups excluding carboxylic acids is 2. The van der Waals surface area contributed by atoms with Crippen molar-refractivity contribution in [3.8, 4) is 0 Å². The first kappa shape index (κ1) is 16.8. The number of rotatable bonds is 4. The van der Waals surface area contributed by atoms with E-state index < -0.39 is 0 Å². The first-order valence-corrected chi connectivity index (χ1v) is 9.00. The molecule has 5 nitrogen and oxygen atoms in total. The SMILES string of the molecule is CCOC(=O)c1c(NC(=O)c2ccc(C)o2)sc2c1CC[C@H](C)C2. The number of esters is 1.